The zero-order chi connectivity index (χ0) is 29.7. The first-order chi connectivity index (χ1) is 20.2. The predicted molar refractivity (Wildman–Crippen MR) is 156 cm³/mol. The molecule has 6 rings (SSSR count). The molecule has 10 heteroatoms. The fourth-order valence-corrected chi connectivity index (χ4v) is 6.25. The van der Waals surface area contributed by atoms with E-state index in [9.17, 15) is 20.0 Å². The van der Waals surface area contributed by atoms with Gasteiger partial charge in [-0.15, -0.1) is 5.10 Å². The van der Waals surface area contributed by atoms with Crippen LogP contribution in [0.4, 0.5) is 0 Å². The first-order valence-corrected chi connectivity index (χ1v) is 13.7. The number of amides is 1. The Morgan fingerprint density at radius 2 is 1.93 bits per heavy atom. The number of methoxy groups -OCH3 is 1. The molecule has 0 spiro atoms. The number of aryl methyl sites for hydroxylation is 3. The van der Waals surface area contributed by atoms with Gasteiger partial charge >= 0.3 is 5.97 Å². The summed E-state index contributed by atoms with van der Waals surface area (Å²) < 4.78 is 8.94. The number of aliphatic carboxylic acids is 1. The van der Waals surface area contributed by atoms with E-state index in [0.717, 1.165) is 38.9 Å². The fraction of sp³-hybridized carbons (Fsp3) is 0.281. The van der Waals surface area contributed by atoms with Crippen LogP contribution in [0, 0.1) is 18.3 Å². The third-order valence-electron chi connectivity index (χ3n) is 8.49. The Kier molecular flexibility index (Phi) is 6.65. The maximum absolute atomic E-state index is 13.9. The SMILES string of the molecule is COc1ccc(C(=O)N2CCc3ccc(C(CC(=O)O)c4ccc5c(nnn5C)c4C)cc3C2)c2c1cc(C#N)n2C. The van der Waals surface area contributed by atoms with Crippen molar-refractivity contribution in [3.8, 4) is 11.8 Å². The number of rotatable bonds is 6. The molecule has 1 aliphatic rings. The van der Waals surface area contributed by atoms with E-state index in [4.69, 9.17) is 4.74 Å². The molecule has 2 aromatic heterocycles. The van der Waals surface area contributed by atoms with Gasteiger partial charge in [-0.2, -0.15) is 5.26 Å². The number of carbonyl (C=O) groups excluding carboxylic acids is 1. The fourth-order valence-electron chi connectivity index (χ4n) is 6.25. The van der Waals surface area contributed by atoms with Crippen molar-refractivity contribution in [1.82, 2.24) is 24.5 Å². The van der Waals surface area contributed by atoms with Gasteiger partial charge in [-0.1, -0.05) is 29.5 Å². The van der Waals surface area contributed by atoms with Crippen LogP contribution < -0.4 is 4.74 Å². The van der Waals surface area contributed by atoms with Gasteiger partial charge in [0, 0.05) is 38.5 Å². The Hall–Kier alpha value is -5.17. The Labute approximate surface area is 242 Å². The first-order valence-electron chi connectivity index (χ1n) is 13.7. The summed E-state index contributed by atoms with van der Waals surface area (Å²) in [5.41, 5.74) is 8.07. The molecule has 5 aromatic rings. The number of carboxylic acids is 1. The molecule has 212 valence electrons. The topological polar surface area (TPSA) is 126 Å². The average Bonchev–Trinajstić information content (AvgIpc) is 3.54. The quantitative estimate of drug-likeness (QED) is 0.324. The summed E-state index contributed by atoms with van der Waals surface area (Å²) in [6.45, 7) is 2.90. The van der Waals surface area contributed by atoms with Crippen LogP contribution in [-0.4, -0.2) is 55.1 Å². The predicted octanol–water partition coefficient (Wildman–Crippen LogP) is 4.45. The van der Waals surface area contributed by atoms with Crippen molar-refractivity contribution in [3.05, 3.63) is 87.6 Å². The molecule has 0 fully saturated rings. The van der Waals surface area contributed by atoms with E-state index in [2.05, 4.69) is 22.4 Å². The minimum absolute atomic E-state index is 0.0768. The Morgan fingerprint density at radius 1 is 1.12 bits per heavy atom. The van der Waals surface area contributed by atoms with Crippen LogP contribution in [0.1, 0.15) is 56.2 Å². The summed E-state index contributed by atoms with van der Waals surface area (Å²) in [4.78, 5) is 27.8. The molecule has 3 aromatic carbocycles. The lowest BCUT2D eigenvalue weighted by Crippen LogP contribution is -2.36. The van der Waals surface area contributed by atoms with E-state index in [1.807, 2.05) is 43.1 Å². The normalized spacial score (nSPS) is 13.6. The van der Waals surface area contributed by atoms with E-state index in [0.29, 0.717) is 47.4 Å². The maximum Gasteiger partial charge on any atom is 0.304 e. The number of fused-ring (bicyclic) bond motifs is 3. The van der Waals surface area contributed by atoms with Crippen molar-refractivity contribution >= 4 is 33.8 Å². The van der Waals surface area contributed by atoms with Crippen molar-refractivity contribution in [1.29, 1.82) is 5.26 Å². The number of nitriles is 1. The van der Waals surface area contributed by atoms with Crippen molar-refractivity contribution in [2.24, 2.45) is 14.1 Å². The monoisotopic (exact) mass is 562 g/mol. The highest BCUT2D eigenvalue weighted by atomic mass is 16.5. The van der Waals surface area contributed by atoms with Crippen molar-refractivity contribution in [2.75, 3.05) is 13.7 Å². The number of ether oxygens (including phenoxy) is 1. The lowest BCUT2D eigenvalue weighted by Gasteiger charge is -2.30. The lowest BCUT2D eigenvalue weighted by atomic mass is 9.83. The molecule has 3 heterocycles. The molecule has 0 aliphatic carbocycles. The number of hydrogen-bond donors (Lipinski definition) is 1. The van der Waals surface area contributed by atoms with Crippen LogP contribution in [0.5, 0.6) is 5.75 Å². The zero-order valence-corrected chi connectivity index (χ0v) is 23.9. The molecule has 42 heavy (non-hydrogen) atoms. The van der Waals surface area contributed by atoms with Gasteiger partial charge in [0.25, 0.3) is 5.91 Å². The number of hydrogen-bond acceptors (Lipinski definition) is 6. The first kappa shape index (κ1) is 27.0. The van der Waals surface area contributed by atoms with Crippen molar-refractivity contribution in [3.63, 3.8) is 0 Å². The molecule has 1 aliphatic heterocycles. The Morgan fingerprint density at radius 3 is 2.67 bits per heavy atom. The minimum Gasteiger partial charge on any atom is -0.496 e. The third-order valence-corrected chi connectivity index (χ3v) is 8.49. The zero-order valence-electron chi connectivity index (χ0n) is 23.9. The van der Waals surface area contributed by atoms with Gasteiger partial charge in [0.1, 0.15) is 23.0 Å². The summed E-state index contributed by atoms with van der Waals surface area (Å²) in [6, 6.07) is 17.4. The lowest BCUT2D eigenvalue weighted by molar-refractivity contribution is -0.137. The van der Waals surface area contributed by atoms with Gasteiger partial charge in [-0.25, -0.2) is 4.68 Å². The van der Waals surface area contributed by atoms with E-state index >= 15 is 0 Å². The van der Waals surface area contributed by atoms with Gasteiger partial charge in [-0.3, -0.25) is 9.59 Å². The van der Waals surface area contributed by atoms with Crippen molar-refractivity contribution < 1.29 is 19.4 Å². The van der Waals surface area contributed by atoms with E-state index in [1.165, 1.54) is 0 Å². The standard InChI is InChI=1S/C32H30N6O4/c1-18-23(7-9-27-30(18)34-35-37(27)3)25(15-29(39)40)20-6-5-19-11-12-38(17-21(19)13-20)32(41)24-8-10-28(42-4)26-14-22(16-33)36(2)31(24)26/h5-10,13-14,25H,11-12,15,17H2,1-4H3,(H,39,40). The van der Waals surface area contributed by atoms with Gasteiger partial charge in [0.15, 0.2) is 0 Å². The molecule has 0 saturated heterocycles. The van der Waals surface area contributed by atoms with Gasteiger partial charge in [0.05, 0.1) is 30.1 Å². The van der Waals surface area contributed by atoms with Crippen LogP contribution >= 0.6 is 0 Å². The number of benzene rings is 3. The molecule has 10 nitrogen and oxygen atoms in total. The second-order valence-corrected chi connectivity index (χ2v) is 10.8. The number of nitrogens with zero attached hydrogens (tertiary/aromatic N) is 6. The highest BCUT2D eigenvalue weighted by Gasteiger charge is 2.28. The van der Waals surface area contributed by atoms with Gasteiger partial charge < -0.3 is 19.3 Å². The van der Waals surface area contributed by atoms with Gasteiger partial charge in [-0.05, 0) is 65.4 Å². The van der Waals surface area contributed by atoms with Crippen LogP contribution in [0.15, 0.2) is 48.5 Å². The van der Waals surface area contributed by atoms with E-state index in [-0.39, 0.29) is 18.2 Å². The second-order valence-electron chi connectivity index (χ2n) is 10.8. The average molecular weight is 563 g/mol. The number of aromatic nitrogens is 4. The third kappa shape index (κ3) is 4.34. The largest absolute Gasteiger partial charge is 0.496 e. The Bertz CT molecular complexity index is 1950. The molecule has 1 amide bonds. The van der Waals surface area contributed by atoms with Crippen LogP contribution in [-0.2, 0) is 31.9 Å². The van der Waals surface area contributed by atoms with Crippen LogP contribution in [0.3, 0.4) is 0 Å². The summed E-state index contributed by atoms with van der Waals surface area (Å²) in [5, 5.41) is 28.6. The van der Waals surface area contributed by atoms with E-state index < -0.39 is 5.97 Å². The maximum atomic E-state index is 13.9. The summed E-state index contributed by atoms with van der Waals surface area (Å²) in [6.07, 6.45) is 0.609. The summed E-state index contributed by atoms with van der Waals surface area (Å²) in [7, 11) is 5.17. The van der Waals surface area contributed by atoms with E-state index in [1.54, 1.807) is 41.6 Å². The van der Waals surface area contributed by atoms with Crippen LogP contribution in [0.25, 0.3) is 21.9 Å². The molecular formula is C32H30N6O4. The molecule has 1 N–H and O–H groups in total. The number of carboxylic acid groups (broad SMARTS) is 1. The molecule has 1 unspecified atom stereocenters. The molecule has 0 radical (unpaired) electrons. The van der Waals surface area contributed by atoms with Crippen LogP contribution in [0.2, 0.25) is 0 Å². The summed E-state index contributed by atoms with van der Waals surface area (Å²) in [5.74, 6) is -0.808. The number of carbonyl (C=O) groups is 2. The highest BCUT2D eigenvalue weighted by Crippen LogP contribution is 2.36. The molecule has 0 bridgehead atoms. The summed E-state index contributed by atoms with van der Waals surface area (Å²) >= 11 is 0. The smallest absolute Gasteiger partial charge is 0.304 e. The highest BCUT2D eigenvalue weighted by molar-refractivity contribution is 6.08. The molecule has 1 atom stereocenters. The molecular weight excluding hydrogens is 532 g/mol. The van der Waals surface area contributed by atoms with Crippen molar-refractivity contribution in [2.45, 2.75) is 32.2 Å². The minimum atomic E-state index is -0.893. The second kappa shape index (κ2) is 10.3. The molecule has 0 saturated carbocycles. The Balaban J connectivity index is 1.36. The van der Waals surface area contributed by atoms with Gasteiger partial charge in [0.2, 0.25) is 0 Å².